The van der Waals surface area contributed by atoms with Crippen LogP contribution in [0.3, 0.4) is 0 Å². The summed E-state index contributed by atoms with van der Waals surface area (Å²) >= 11 is 3.58. The van der Waals surface area contributed by atoms with Crippen LogP contribution in [0.2, 0.25) is 0 Å². The summed E-state index contributed by atoms with van der Waals surface area (Å²) in [6.45, 7) is 14.7. The first-order valence-electron chi connectivity index (χ1n) is 7.39. The molecule has 0 aliphatic carbocycles. The zero-order valence-electron chi connectivity index (χ0n) is 13.6. The van der Waals surface area contributed by atoms with Gasteiger partial charge >= 0.3 is 0 Å². The Morgan fingerprint density at radius 2 is 1.95 bits per heavy atom. The third kappa shape index (κ3) is 5.84. The average molecular weight is 342 g/mol. The van der Waals surface area contributed by atoms with Crippen LogP contribution in [-0.2, 0) is 6.54 Å². The van der Waals surface area contributed by atoms with Crippen LogP contribution >= 0.6 is 15.9 Å². The Morgan fingerprint density at radius 3 is 2.50 bits per heavy atom. The van der Waals surface area contributed by atoms with Crippen LogP contribution in [-0.4, -0.2) is 12.1 Å². The SMILES string of the molecule is CCC(C)COc1c(C)cc(Br)cc1CNC(C)(C)C. The molecule has 1 rings (SSSR count). The molecule has 20 heavy (non-hydrogen) atoms. The van der Waals surface area contributed by atoms with Gasteiger partial charge in [0.2, 0.25) is 0 Å². The monoisotopic (exact) mass is 341 g/mol. The van der Waals surface area contributed by atoms with Crippen LogP contribution in [0.1, 0.15) is 52.2 Å². The molecule has 0 aromatic heterocycles. The van der Waals surface area contributed by atoms with E-state index in [1.54, 1.807) is 0 Å². The number of hydrogen-bond acceptors (Lipinski definition) is 2. The summed E-state index contributed by atoms with van der Waals surface area (Å²) < 4.78 is 7.19. The van der Waals surface area contributed by atoms with Crippen molar-refractivity contribution in [3.63, 3.8) is 0 Å². The van der Waals surface area contributed by atoms with Crippen LogP contribution in [0.5, 0.6) is 5.75 Å². The highest BCUT2D eigenvalue weighted by Gasteiger charge is 2.14. The van der Waals surface area contributed by atoms with Gasteiger partial charge in [-0.3, -0.25) is 0 Å². The van der Waals surface area contributed by atoms with Gasteiger partial charge in [-0.1, -0.05) is 36.2 Å². The number of aryl methyl sites for hydroxylation is 1. The lowest BCUT2D eigenvalue weighted by Crippen LogP contribution is -2.35. The van der Waals surface area contributed by atoms with Crippen molar-refractivity contribution < 1.29 is 4.74 Å². The van der Waals surface area contributed by atoms with E-state index in [1.807, 2.05) is 0 Å². The molecule has 0 saturated heterocycles. The third-order valence-corrected chi connectivity index (χ3v) is 3.79. The van der Waals surface area contributed by atoms with Crippen LogP contribution < -0.4 is 10.1 Å². The van der Waals surface area contributed by atoms with E-state index in [2.05, 4.69) is 74.9 Å². The van der Waals surface area contributed by atoms with Gasteiger partial charge in [0.25, 0.3) is 0 Å². The van der Waals surface area contributed by atoms with Crippen LogP contribution in [0.25, 0.3) is 0 Å². The lowest BCUT2D eigenvalue weighted by molar-refractivity contribution is 0.251. The van der Waals surface area contributed by atoms with Crippen molar-refractivity contribution in [1.82, 2.24) is 5.32 Å². The van der Waals surface area contributed by atoms with Gasteiger partial charge in [0.05, 0.1) is 6.61 Å². The number of nitrogens with one attached hydrogen (secondary N) is 1. The standard InChI is InChI=1S/C17H28BrNO/c1-7-12(2)11-20-16-13(3)8-15(18)9-14(16)10-19-17(4,5)6/h8-9,12,19H,7,10-11H2,1-6H3. The highest BCUT2D eigenvalue weighted by Crippen LogP contribution is 2.29. The van der Waals surface area contributed by atoms with Gasteiger partial charge in [0.1, 0.15) is 5.75 Å². The molecule has 0 heterocycles. The van der Waals surface area contributed by atoms with Crippen molar-refractivity contribution in [2.75, 3.05) is 6.61 Å². The molecule has 1 atom stereocenters. The number of hydrogen-bond donors (Lipinski definition) is 1. The molecule has 1 aromatic rings. The van der Waals surface area contributed by atoms with Crippen LogP contribution in [0, 0.1) is 12.8 Å². The smallest absolute Gasteiger partial charge is 0.126 e. The lowest BCUT2D eigenvalue weighted by atomic mass is 10.1. The van der Waals surface area contributed by atoms with Gasteiger partial charge in [-0.05, 0) is 51.3 Å². The molecule has 0 amide bonds. The number of halogens is 1. The average Bonchev–Trinajstić information content (AvgIpc) is 2.33. The summed E-state index contributed by atoms with van der Waals surface area (Å²) in [5.74, 6) is 1.62. The second kappa shape index (κ2) is 7.46. The molecule has 1 N–H and O–H groups in total. The summed E-state index contributed by atoms with van der Waals surface area (Å²) in [5, 5.41) is 3.53. The minimum absolute atomic E-state index is 0.101. The molecule has 0 aliphatic rings. The van der Waals surface area contributed by atoms with Crippen LogP contribution in [0.15, 0.2) is 16.6 Å². The summed E-state index contributed by atoms with van der Waals surface area (Å²) in [5.41, 5.74) is 2.51. The Hall–Kier alpha value is -0.540. The molecule has 0 fully saturated rings. The maximum atomic E-state index is 6.08. The molecule has 0 aliphatic heterocycles. The Balaban J connectivity index is 2.89. The van der Waals surface area contributed by atoms with E-state index in [0.717, 1.165) is 29.8 Å². The van der Waals surface area contributed by atoms with E-state index < -0.39 is 0 Å². The van der Waals surface area contributed by atoms with Gasteiger partial charge in [-0.15, -0.1) is 0 Å². The highest BCUT2D eigenvalue weighted by molar-refractivity contribution is 9.10. The van der Waals surface area contributed by atoms with E-state index in [9.17, 15) is 0 Å². The molecule has 0 bridgehead atoms. The number of benzene rings is 1. The first-order chi connectivity index (χ1) is 9.23. The number of ether oxygens (including phenoxy) is 1. The van der Waals surface area contributed by atoms with Gasteiger partial charge in [-0.25, -0.2) is 0 Å². The largest absolute Gasteiger partial charge is 0.493 e. The third-order valence-electron chi connectivity index (χ3n) is 3.33. The van der Waals surface area contributed by atoms with E-state index in [4.69, 9.17) is 4.74 Å². The molecule has 0 saturated carbocycles. The molecule has 0 radical (unpaired) electrons. The topological polar surface area (TPSA) is 21.3 Å². The molecule has 0 spiro atoms. The molecule has 2 nitrogen and oxygen atoms in total. The van der Waals surface area contributed by atoms with Gasteiger partial charge < -0.3 is 10.1 Å². The predicted molar refractivity (Wildman–Crippen MR) is 90.4 cm³/mol. The van der Waals surface area contributed by atoms with E-state index in [0.29, 0.717) is 5.92 Å². The van der Waals surface area contributed by atoms with Crippen molar-refractivity contribution in [2.45, 2.75) is 60.0 Å². The van der Waals surface area contributed by atoms with Crippen molar-refractivity contribution in [3.05, 3.63) is 27.7 Å². The second-order valence-corrected chi connectivity index (χ2v) is 7.55. The molecule has 1 unspecified atom stereocenters. The zero-order valence-corrected chi connectivity index (χ0v) is 15.2. The quantitative estimate of drug-likeness (QED) is 0.779. The minimum Gasteiger partial charge on any atom is -0.493 e. The Bertz CT molecular complexity index is 437. The fraction of sp³-hybridized carbons (Fsp3) is 0.647. The summed E-state index contributed by atoms with van der Waals surface area (Å²) in [6, 6.07) is 4.27. The van der Waals surface area contributed by atoms with E-state index in [-0.39, 0.29) is 5.54 Å². The summed E-state index contributed by atoms with van der Waals surface area (Å²) in [6.07, 6.45) is 1.14. The van der Waals surface area contributed by atoms with E-state index >= 15 is 0 Å². The fourth-order valence-electron chi connectivity index (χ4n) is 1.84. The Morgan fingerprint density at radius 1 is 1.30 bits per heavy atom. The summed E-state index contributed by atoms with van der Waals surface area (Å²) in [7, 11) is 0. The Labute approximate surface area is 132 Å². The Kier molecular flexibility index (Phi) is 6.53. The molecule has 114 valence electrons. The predicted octanol–water partition coefficient (Wildman–Crippen LogP) is 5.07. The molecular formula is C17H28BrNO. The van der Waals surface area contributed by atoms with Gasteiger partial charge in [0, 0.05) is 22.1 Å². The van der Waals surface area contributed by atoms with Crippen LogP contribution in [0.4, 0.5) is 0 Å². The van der Waals surface area contributed by atoms with Crippen molar-refractivity contribution in [3.8, 4) is 5.75 Å². The van der Waals surface area contributed by atoms with Gasteiger partial charge in [-0.2, -0.15) is 0 Å². The van der Waals surface area contributed by atoms with E-state index in [1.165, 1.54) is 11.1 Å². The second-order valence-electron chi connectivity index (χ2n) is 6.64. The van der Waals surface area contributed by atoms with Crippen molar-refractivity contribution in [2.24, 2.45) is 5.92 Å². The first kappa shape index (κ1) is 17.5. The van der Waals surface area contributed by atoms with Crippen molar-refractivity contribution >= 4 is 15.9 Å². The normalized spacial score (nSPS) is 13.3. The highest BCUT2D eigenvalue weighted by atomic mass is 79.9. The van der Waals surface area contributed by atoms with Gasteiger partial charge in [0.15, 0.2) is 0 Å². The fourth-order valence-corrected chi connectivity index (χ4v) is 2.46. The minimum atomic E-state index is 0.101. The molecular weight excluding hydrogens is 314 g/mol. The molecule has 1 aromatic carbocycles. The zero-order chi connectivity index (χ0) is 15.3. The number of rotatable bonds is 6. The lowest BCUT2D eigenvalue weighted by Gasteiger charge is -2.23. The maximum absolute atomic E-state index is 6.08. The molecule has 3 heteroatoms. The van der Waals surface area contributed by atoms with Crippen molar-refractivity contribution in [1.29, 1.82) is 0 Å². The summed E-state index contributed by atoms with van der Waals surface area (Å²) in [4.78, 5) is 0. The maximum Gasteiger partial charge on any atom is 0.126 e. The first-order valence-corrected chi connectivity index (χ1v) is 8.19.